The number of rotatable bonds is 1. The lowest BCUT2D eigenvalue weighted by atomic mass is 10.1. The number of fused-ring (bicyclic) bond motifs is 1. The molecule has 0 bridgehead atoms. The zero-order valence-corrected chi connectivity index (χ0v) is 10.8. The minimum Gasteiger partial charge on any atom is -0.143 e. The number of hydrogen-bond acceptors (Lipinski definition) is 1. The van der Waals surface area contributed by atoms with Crippen LogP contribution in [0.1, 0.15) is 11.1 Å². The van der Waals surface area contributed by atoms with Crippen molar-refractivity contribution < 1.29 is 0 Å². The Hall–Kier alpha value is 0.200. The van der Waals surface area contributed by atoms with E-state index in [1.807, 2.05) is 0 Å². The Kier molecular flexibility index (Phi) is 2.81. The zero-order chi connectivity index (χ0) is 9.42. The van der Waals surface area contributed by atoms with Crippen molar-refractivity contribution in [3.63, 3.8) is 0 Å². The maximum Gasteiger partial charge on any atom is 0.0488 e. The van der Waals surface area contributed by atoms with E-state index in [1.165, 1.54) is 24.8 Å². The van der Waals surface area contributed by atoms with Crippen molar-refractivity contribution in [3.8, 4) is 0 Å². The lowest BCUT2D eigenvalue weighted by Gasteiger charge is -2.01. The summed E-state index contributed by atoms with van der Waals surface area (Å²) in [5.74, 6) is 0.611. The predicted molar refractivity (Wildman–Crippen MR) is 68.8 cm³/mol. The topological polar surface area (TPSA) is 0 Å². The molecule has 1 heterocycles. The van der Waals surface area contributed by atoms with Gasteiger partial charge in [0.15, 0.2) is 0 Å². The van der Waals surface area contributed by atoms with Gasteiger partial charge in [0.25, 0.3) is 0 Å². The van der Waals surface area contributed by atoms with E-state index in [4.69, 9.17) is 11.6 Å². The molecule has 0 unspecified atom stereocenters. The largest absolute Gasteiger partial charge is 0.143 e. The molecule has 0 atom stereocenters. The number of aryl methyl sites for hydroxylation is 1. The van der Waals surface area contributed by atoms with Gasteiger partial charge in [-0.3, -0.25) is 0 Å². The molecule has 0 saturated heterocycles. The molecule has 0 spiro atoms. The van der Waals surface area contributed by atoms with Crippen molar-refractivity contribution in [1.82, 2.24) is 0 Å². The van der Waals surface area contributed by atoms with Crippen molar-refractivity contribution in [2.45, 2.75) is 12.8 Å². The summed E-state index contributed by atoms with van der Waals surface area (Å²) in [5.41, 5.74) is 2.59. The highest BCUT2D eigenvalue weighted by Gasteiger charge is 2.07. The summed E-state index contributed by atoms with van der Waals surface area (Å²) < 4.78 is 2.68. The third-order valence-electron chi connectivity index (χ3n) is 2.09. The lowest BCUT2D eigenvalue weighted by molar-refractivity contribution is 1.44. The van der Waals surface area contributed by atoms with Crippen LogP contribution in [-0.4, -0.2) is 0 Å². The molecule has 0 N–H and O–H groups in total. The van der Waals surface area contributed by atoms with Gasteiger partial charge in [-0.1, -0.05) is 6.07 Å². The van der Waals surface area contributed by atoms with Gasteiger partial charge in [0, 0.05) is 19.5 Å². The van der Waals surface area contributed by atoms with Crippen LogP contribution in [0.25, 0.3) is 10.1 Å². The van der Waals surface area contributed by atoms with Gasteiger partial charge in [0.1, 0.15) is 0 Å². The number of alkyl halides is 1. The molecule has 13 heavy (non-hydrogen) atoms. The minimum absolute atomic E-state index is 0.611. The molecule has 2 rings (SSSR count). The van der Waals surface area contributed by atoms with E-state index in [2.05, 4.69) is 47.0 Å². The van der Waals surface area contributed by atoms with Crippen molar-refractivity contribution in [2.24, 2.45) is 0 Å². The molecule has 0 saturated carbocycles. The smallest absolute Gasteiger partial charge is 0.0488 e. The molecule has 0 fully saturated rings. The Balaban J connectivity index is 2.85. The summed E-state index contributed by atoms with van der Waals surface area (Å²) in [6.07, 6.45) is 0. The summed E-state index contributed by atoms with van der Waals surface area (Å²) >= 11 is 10.0. The first-order valence-corrected chi connectivity index (χ1v) is 6.44. The molecule has 0 radical (unpaired) electrons. The van der Waals surface area contributed by atoms with E-state index in [-0.39, 0.29) is 0 Å². The fourth-order valence-electron chi connectivity index (χ4n) is 1.35. The standard InChI is InChI=1S/C10H8ClIS/c1-6-2-3-8-9(10(6)12)7(4-11)5-13-8/h2-3,5H,4H2,1H3. The van der Waals surface area contributed by atoms with Crippen LogP contribution >= 0.6 is 45.5 Å². The van der Waals surface area contributed by atoms with Crippen molar-refractivity contribution >= 4 is 55.6 Å². The average molecular weight is 323 g/mol. The molecule has 3 heteroatoms. The van der Waals surface area contributed by atoms with E-state index in [0.29, 0.717) is 5.88 Å². The molecule has 1 aromatic carbocycles. The Bertz CT molecular complexity index is 447. The second-order valence-corrected chi connectivity index (χ2v) is 5.22. The van der Waals surface area contributed by atoms with Crippen molar-refractivity contribution in [1.29, 1.82) is 0 Å². The Labute approximate surface area is 100 Å². The van der Waals surface area contributed by atoms with Crippen LogP contribution in [0.2, 0.25) is 0 Å². The van der Waals surface area contributed by atoms with E-state index < -0.39 is 0 Å². The molecule has 0 aliphatic heterocycles. The first-order valence-electron chi connectivity index (χ1n) is 3.95. The SMILES string of the molecule is Cc1ccc2scc(CCl)c2c1I. The van der Waals surface area contributed by atoms with Crippen LogP contribution in [0.3, 0.4) is 0 Å². The quantitative estimate of drug-likeness (QED) is 0.533. The second kappa shape index (κ2) is 3.75. The number of benzene rings is 1. The molecule has 68 valence electrons. The number of halogens is 2. The molecule has 0 aliphatic carbocycles. The van der Waals surface area contributed by atoms with E-state index in [9.17, 15) is 0 Å². The first-order chi connectivity index (χ1) is 6.24. The Morgan fingerprint density at radius 2 is 2.23 bits per heavy atom. The van der Waals surface area contributed by atoms with Gasteiger partial charge in [0.2, 0.25) is 0 Å². The van der Waals surface area contributed by atoms with E-state index in [1.54, 1.807) is 11.3 Å². The third-order valence-corrected chi connectivity index (χ3v) is 4.76. The lowest BCUT2D eigenvalue weighted by Crippen LogP contribution is -1.82. The maximum absolute atomic E-state index is 5.87. The van der Waals surface area contributed by atoms with Crippen LogP contribution < -0.4 is 0 Å². The molecule has 0 amide bonds. The molecular formula is C10H8ClIS. The van der Waals surface area contributed by atoms with Crippen LogP contribution in [-0.2, 0) is 5.88 Å². The molecule has 1 aromatic heterocycles. The summed E-state index contributed by atoms with van der Waals surface area (Å²) in [5, 5.41) is 3.50. The second-order valence-electron chi connectivity index (χ2n) is 2.96. The fourth-order valence-corrected chi connectivity index (χ4v) is 3.62. The van der Waals surface area contributed by atoms with Gasteiger partial charge in [-0.05, 0) is 52.1 Å². The summed E-state index contributed by atoms with van der Waals surface area (Å²) in [7, 11) is 0. The normalized spacial score (nSPS) is 11.0. The van der Waals surface area contributed by atoms with Gasteiger partial charge < -0.3 is 0 Å². The summed E-state index contributed by atoms with van der Waals surface area (Å²) in [4.78, 5) is 0. The van der Waals surface area contributed by atoms with Crippen molar-refractivity contribution in [3.05, 3.63) is 32.2 Å². The highest BCUT2D eigenvalue weighted by atomic mass is 127. The molecule has 0 aliphatic rings. The third kappa shape index (κ3) is 1.60. The number of thiophene rings is 1. The van der Waals surface area contributed by atoms with Gasteiger partial charge >= 0.3 is 0 Å². The van der Waals surface area contributed by atoms with Gasteiger partial charge in [0.05, 0.1) is 0 Å². The van der Waals surface area contributed by atoms with Gasteiger partial charge in [-0.15, -0.1) is 22.9 Å². The monoisotopic (exact) mass is 322 g/mol. The molecule has 2 aromatic rings. The highest BCUT2D eigenvalue weighted by Crippen LogP contribution is 2.32. The predicted octanol–water partition coefficient (Wildman–Crippen LogP) is 4.55. The van der Waals surface area contributed by atoms with E-state index >= 15 is 0 Å². The van der Waals surface area contributed by atoms with Crippen LogP contribution in [0, 0.1) is 10.5 Å². The van der Waals surface area contributed by atoms with Crippen molar-refractivity contribution in [2.75, 3.05) is 0 Å². The van der Waals surface area contributed by atoms with Gasteiger partial charge in [-0.2, -0.15) is 0 Å². The summed E-state index contributed by atoms with van der Waals surface area (Å²) in [6.45, 7) is 2.14. The van der Waals surface area contributed by atoms with E-state index in [0.717, 1.165) is 0 Å². The highest BCUT2D eigenvalue weighted by molar-refractivity contribution is 14.1. The minimum atomic E-state index is 0.611. The molecule has 0 nitrogen and oxygen atoms in total. The summed E-state index contributed by atoms with van der Waals surface area (Å²) in [6, 6.07) is 4.34. The Morgan fingerprint density at radius 1 is 1.46 bits per heavy atom. The average Bonchev–Trinajstić information content (AvgIpc) is 2.55. The zero-order valence-electron chi connectivity index (χ0n) is 7.10. The van der Waals surface area contributed by atoms with Crippen LogP contribution in [0.15, 0.2) is 17.5 Å². The first kappa shape index (κ1) is 9.74. The fraction of sp³-hybridized carbons (Fsp3) is 0.200. The van der Waals surface area contributed by atoms with Gasteiger partial charge in [-0.25, -0.2) is 0 Å². The number of hydrogen-bond donors (Lipinski definition) is 0. The van der Waals surface area contributed by atoms with Crippen LogP contribution in [0.5, 0.6) is 0 Å². The maximum atomic E-state index is 5.87. The Morgan fingerprint density at radius 3 is 2.92 bits per heavy atom. The van der Waals surface area contributed by atoms with Crippen LogP contribution in [0.4, 0.5) is 0 Å². The molecular weight excluding hydrogens is 315 g/mol.